The quantitative estimate of drug-likeness (QED) is 0.151. The number of aromatic nitrogens is 2. The third-order valence-electron chi connectivity index (χ3n) is 18.9. The van der Waals surface area contributed by atoms with Crippen LogP contribution in [-0.2, 0) is 10.8 Å². The van der Waals surface area contributed by atoms with Crippen molar-refractivity contribution in [2.24, 2.45) is 0 Å². The van der Waals surface area contributed by atoms with Gasteiger partial charge in [0.25, 0.3) is 0 Å². The van der Waals surface area contributed by atoms with Crippen LogP contribution < -0.4 is 0 Å². The molecule has 0 fully saturated rings. The van der Waals surface area contributed by atoms with Crippen molar-refractivity contribution in [2.45, 2.75) is 38.5 Å². The molecular formula is C84H60Br2N2. The molecule has 0 unspecified atom stereocenters. The zero-order valence-corrected chi connectivity index (χ0v) is 52.5. The first-order valence-corrected chi connectivity index (χ1v) is 31.9. The lowest BCUT2D eigenvalue weighted by Crippen LogP contribution is -2.17. The summed E-state index contributed by atoms with van der Waals surface area (Å²) in [5, 5.41) is 5.07. The van der Waals surface area contributed by atoms with Crippen molar-refractivity contribution < 1.29 is 0 Å². The molecule has 13 aromatic carbocycles. The Labute approximate surface area is 530 Å². The molecule has 2 aromatic heterocycles. The van der Waals surface area contributed by atoms with E-state index in [-0.39, 0.29) is 10.8 Å². The van der Waals surface area contributed by atoms with Crippen molar-refractivity contribution >= 4 is 75.5 Å². The summed E-state index contributed by atoms with van der Waals surface area (Å²) in [5.41, 5.74) is 30.5. The molecular weight excluding hydrogens is 1200 g/mol. The molecule has 0 bridgehead atoms. The lowest BCUT2D eigenvalue weighted by Gasteiger charge is -2.25. The largest absolute Gasteiger partial charge is 0.309 e. The first kappa shape index (κ1) is 53.9. The molecule has 4 heteroatoms. The highest BCUT2D eigenvalue weighted by molar-refractivity contribution is 9.10. The van der Waals surface area contributed by atoms with Gasteiger partial charge in [-0.1, -0.05) is 260 Å². The van der Waals surface area contributed by atoms with Crippen molar-refractivity contribution in [3.8, 4) is 89.3 Å². The summed E-state index contributed by atoms with van der Waals surface area (Å²) in [6.07, 6.45) is 0. The van der Waals surface area contributed by atoms with Crippen molar-refractivity contribution in [3.63, 3.8) is 0 Å². The molecule has 0 aliphatic heterocycles. The van der Waals surface area contributed by atoms with Gasteiger partial charge in [-0.2, -0.15) is 0 Å². The predicted molar refractivity (Wildman–Crippen MR) is 379 cm³/mol. The molecule has 0 radical (unpaired) electrons. The van der Waals surface area contributed by atoms with Gasteiger partial charge in [-0.15, -0.1) is 0 Å². The van der Waals surface area contributed by atoms with Gasteiger partial charge in [0.2, 0.25) is 0 Å². The van der Waals surface area contributed by atoms with Gasteiger partial charge in [0.05, 0.1) is 27.8 Å². The first-order valence-electron chi connectivity index (χ1n) is 30.3. The van der Waals surface area contributed by atoms with Gasteiger partial charge in [0.15, 0.2) is 0 Å². The third-order valence-corrected chi connectivity index (χ3v) is 20.0. The van der Waals surface area contributed by atoms with Gasteiger partial charge in [0.1, 0.15) is 0 Å². The molecule has 0 spiro atoms. The van der Waals surface area contributed by atoms with Crippen LogP contribution in [0.5, 0.6) is 0 Å². The molecule has 420 valence electrons. The maximum absolute atomic E-state index is 3.57. The monoisotopic (exact) mass is 1250 g/mol. The lowest BCUT2D eigenvalue weighted by molar-refractivity contribution is 0.656. The van der Waals surface area contributed by atoms with E-state index in [1.165, 1.54) is 155 Å². The molecule has 15 aromatic rings. The predicted octanol–water partition coefficient (Wildman–Crippen LogP) is 24.0. The van der Waals surface area contributed by atoms with Crippen LogP contribution in [-0.4, -0.2) is 9.13 Å². The Bertz CT molecular complexity index is 5290. The van der Waals surface area contributed by atoms with Crippen molar-refractivity contribution in [3.05, 3.63) is 322 Å². The fraction of sp³-hybridized carbons (Fsp3) is 0.0714. The molecule has 0 amide bonds. The summed E-state index contributed by atoms with van der Waals surface area (Å²) in [5.74, 6) is 0. The summed E-state index contributed by atoms with van der Waals surface area (Å²) in [7, 11) is 0. The average molecular weight is 1260 g/mol. The van der Waals surface area contributed by atoms with Crippen LogP contribution in [0.25, 0.3) is 133 Å². The molecule has 2 nitrogen and oxygen atoms in total. The van der Waals surface area contributed by atoms with Gasteiger partial charge >= 0.3 is 0 Å². The van der Waals surface area contributed by atoms with Gasteiger partial charge < -0.3 is 9.13 Å². The molecule has 0 N–H and O–H groups in total. The first-order chi connectivity index (χ1) is 43.0. The van der Waals surface area contributed by atoms with E-state index in [9.17, 15) is 0 Å². The van der Waals surface area contributed by atoms with Crippen LogP contribution >= 0.6 is 31.9 Å². The zero-order valence-electron chi connectivity index (χ0n) is 49.4. The molecule has 2 aliphatic rings. The van der Waals surface area contributed by atoms with Crippen LogP contribution in [0.4, 0.5) is 0 Å². The number of fused-ring (bicyclic) bond motifs is 12. The summed E-state index contributed by atoms with van der Waals surface area (Å²) in [6.45, 7) is 9.43. The van der Waals surface area contributed by atoms with Gasteiger partial charge in [-0.3, -0.25) is 0 Å². The van der Waals surface area contributed by atoms with Crippen LogP contribution in [0.15, 0.2) is 300 Å². The minimum atomic E-state index is -0.0897. The van der Waals surface area contributed by atoms with Crippen LogP contribution in [0, 0.1) is 0 Å². The number of benzene rings is 13. The number of nitrogens with zero attached hydrogens (tertiary/aromatic N) is 2. The van der Waals surface area contributed by atoms with Gasteiger partial charge in [-0.25, -0.2) is 0 Å². The highest BCUT2D eigenvalue weighted by Gasteiger charge is 2.39. The highest BCUT2D eigenvalue weighted by atomic mass is 79.9. The van der Waals surface area contributed by atoms with Crippen LogP contribution in [0.2, 0.25) is 0 Å². The van der Waals surface area contributed by atoms with Crippen LogP contribution in [0.3, 0.4) is 0 Å². The maximum atomic E-state index is 3.57. The summed E-state index contributed by atoms with van der Waals surface area (Å²) in [6, 6.07) is 107. The summed E-state index contributed by atoms with van der Waals surface area (Å²) >= 11 is 7.12. The van der Waals surface area contributed by atoms with E-state index in [0.29, 0.717) is 0 Å². The van der Waals surface area contributed by atoms with Crippen molar-refractivity contribution in [2.75, 3.05) is 0 Å². The fourth-order valence-electron chi connectivity index (χ4n) is 14.7. The second kappa shape index (κ2) is 21.1. The second-order valence-corrected chi connectivity index (χ2v) is 26.5. The summed E-state index contributed by atoms with van der Waals surface area (Å²) in [4.78, 5) is 0. The fourth-order valence-corrected chi connectivity index (χ4v) is 15.2. The normalized spacial score (nSPS) is 13.3. The van der Waals surface area contributed by atoms with Crippen molar-refractivity contribution in [1.82, 2.24) is 9.13 Å². The number of halogens is 2. The number of hydrogen-bond acceptors (Lipinski definition) is 0. The molecule has 0 atom stereocenters. The Morgan fingerprint density at radius 2 is 0.670 bits per heavy atom. The molecule has 2 aliphatic carbocycles. The van der Waals surface area contributed by atoms with Gasteiger partial charge in [-0.05, 0) is 191 Å². The second-order valence-electron chi connectivity index (χ2n) is 24.7. The summed E-state index contributed by atoms with van der Waals surface area (Å²) < 4.78 is 7.10. The Morgan fingerprint density at radius 1 is 0.261 bits per heavy atom. The Balaban J connectivity index is 0.000000143. The highest BCUT2D eigenvalue weighted by Crippen LogP contribution is 2.54. The van der Waals surface area contributed by atoms with E-state index in [1.807, 2.05) is 0 Å². The molecule has 0 saturated carbocycles. The molecule has 17 rings (SSSR count). The molecule has 0 saturated heterocycles. The Morgan fingerprint density at radius 3 is 1.28 bits per heavy atom. The number of rotatable bonds is 7. The smallest absolute Gasteiger partial charge is 0.0541 e. The van der Waals surface area contributed by atoms with E-state index in [1.54, 1.807) is 0 Å². The number of para-hydroxylation sites is 2. The zero-order chi connectivity index (χ0) is 59.4. The Kier molecular flexibility index (Phi) is 12.9. The Hall–Kier alpha value is -9.58. The molecule has 88 heavy (non-hydrogen) atoms. The van der Waals surface area contributed by atoms with E-state index in [4.69, 9.17) is 0 Å². The third kappa shape index (κ3) is 8.79. The van der Waals surface area contributed by atoms with Crippen molar-refractivity contribution in [1.29, 1.82) is 0 Å². The minimum Gasteiger partial charge on any atom is -0.309 e. The number of hydrogen-bond donors (Lipinski definition) is 0. The SMILES string of the molecule is CC1(C)c2ccccc2-c2c(-c3cccc(-n4c5ccccc5c5cc(-c6cccc(-c7ccc(Br)cc7)c6)ccc54)c3)cccc21.CC1(C)c2ccccc2-c2cccc(-n3c4ccccc4c4cc(-c5cccc(-c6ccc(Br)cc6)c5)ccc43)c21. The lowest BCUT2D eigenvalue weighted by atomic mass is 9.81. The van der Waals surface area contributed by atoms with E-state index in [0.717, 1.165) is 8.95 Å². The van der Waals surface area contributed by atoms with E-state index < -0.39 is 0 Å². The van der Waals surface area contributed by atoms with E-state index >= 15 is 0 Å². The topological polar surface area (TPSA) is 9.86 Å². The van der Waals surface area contributed by atoms with Gasteiger partial charge in [0, 0.05) is 47.0 Å². The molecule has 2 heterocycles. The van der Waals surface area contributed by atoms with Crippen LogP contribution in [0.1, 0.15) is 49.9 Å². The standard InChI is InChI=1S/C45H32BrN.C39H28BrN/c1-45(2)40-17-5-3-15-38(40)44-36(16-9-18-41(44)45)33-12-8-13-35(27-33)47-42-19-6-4-14-37(42)39-28-32(22-25-43(39)47)31-11-7-10-30(26-31)29-20-23-34(46)24-21-29;1-39(2)34-14-5-3-11-30(34)32-13-8-16-37(38(32)39)41-35-15-6-4-12-31(35)33-24-28(19-22-36(33)41)27-10-7-9-26(23-27)25-17-20-29(40)21-18-25/h3-28H,1-2H3;3-24H,1-2H3. The maximum Gasteiger partial charge on any atom is 0.0541 e. The average Bonchev–Trinajstić information content (AvgIpc) is 1.65. The minimum absolute atomic E-state index is 0.0259. The van der Waals surface area contributed by atoms with E-state index in [2.05, 4.69) is 360 Å².